The molecule has 1 atom stereocenters. The summed E-state index contributed by atoms with van der Waals surface area (Å²) in [7, 11) is 0. The summed E-state index contributed by atoms with van der Waals surface area (Å²) >= 11 is 11.7. The molecule has 0 aliphatic carbocycles. The fourth-order valence-electron chi connectivity index (χ4n) is 4.73. The first kappa shape index (κ1) is 26.5. The minimum absolute atomic E-state index is 0.0269. The highest BCUT2D eigenvalue weighted by atomic mass is 35.5. The van der Waals surface area contributed by atoms with Crippen LogP contribution >= 0.6 is 23.8 Å². The van der Waals surface area contributed by atoms with Crippen LogP contribution in [0.3, 0.4) is 0 Å². The Morgan fingerprint density at radius 1 is 1.00 bits per heavy atom. The van der Waals surface area contributed by atoms with E-state index in [1.165, 1.54) is 0 Å². The lowest BCUT2D eigenvalue weighted by Gasteiger charge is -2.34. The van der Waals surface area contributed by atoms with E-state index in [0.717, 1.165) is 56.9 Å². The average Bonchev–Trinajstić information content (AvgIpc) is 3.10. The van der Waals surface area contributed by atoms with Gasteiger partial charge in [0.25, 0.3) is 5.91 Å². The van der Waals surface area contributed by atoms with Crippen molar-refractivity contribution in [1.29, 1.82) is 0 Å². The molecule has 0 aromatic heterocycles. The van der Waals surface area contributed by atoms with Gasteiger partial charge in [-0.05, 0) is 75.1 Å². The zero-order valence-electron chi connectivity index (χ0n) is 21.0. The molecule has 9 heteroatoms. The molecule has 2 saturated heterocycles. The number of nitrogens with zero attached hydrogens (tertiary/aromatic N) is 4. The van der Waals surface area contributed by atoms with Crippen molar-refractivity contribution < 1.29 is 9.59 Å². The second-order valence-electron chi connectivity index (χ2n) is 9.39. The Kier molecular flexibility index (Phi) is 8.95. The second kappa shape index (κ2) is 12.1. The summed E-state index contributed by atoms with van der Waals surface area (Å²) in [6, 6.07) is 14.0. The number of rotatable bonds is 9. The van der Waals surface area contributed by atoms with E-state index < -0.39 is 6.04 Å². The number of amides is 2. The summed E-state index contributed by atoms with van der Waals surface area (Å²) in [5.41, 5.74) is 2.48. The topological polar surface area (TPSA) is 59.1 Å². The van der Waals surface area contributed by atoms with E-state index in [2.05, 4.69) is 22.0 Å². The van der Waals surface area contributed by atoms with Gasteiger partial charge in [0.1, 0.15) is 6.04 Å². The fourth-order valence-corrected chi connectivity index (χ4v) is 5.27. The van der Waals surface area contributed by atoms with Crippen molar-refractivity contribution in [3.05, 3.63) is 59.1 Å². The first-order valence-electron chi connectivity index (χ1n) is 12.6. The van der Waals surface area contributed by atoms with Gasteiger partial charge in [-0.3, -0.25) is 14.5 Å². The fraction of sp³-hybridized carbons (Fsp3) is 0.444. The maximum atomic E-state index is 13.6. The number of carbonyl (C=O) groups is 2. The quantitative estimate of drug-likeness (QED) is 0.497. The smallest absolute Gasteiger partial charge is 0.256 e. The third-order valence-corrected chi connectivity index (χ3v) is 7.57. The lowest BCUT2D eigenvalue weighted by molar-refractivity contribution is -0.124. The molecule has 2 aliphatic rings. The van der Waals surface area contributed by atoms with E-state index in [0.29, 0.717) is 22.4 Å². The van der Waals surface area contributed by atoms with Gasteiger partial charge in [0.15, 0.2) is 5.11 Å². The van der Waals surface area contributed by atoms with E-state index in [9.17, 15) is 9.59 Å². The number of aryl methyl sites for hydroxylation is 1. The number of thiocarbonyl (C=S) groups is 1. The van der Waals surface area contributed by atoms with Crippen LogP contribution in [-0.2, 0) is 9.59 Å². The molecule has 1 N–H and O–H groups in total. The average molecular weight is 528 g/mol. The molecule has 0 bridgehead atoms. The minimum Gasteiger partial charge on any atom is -0.336 e. The van der Waals surface area contributed by atoms with E-state index in [1.54, 1.807) is 29.2 Å². The molecule has 0 unspecified atom stereocenters. The number of likely N-dealkylation sites (N-methyl/N-ethyl adjacent to an activating group) is 1. The maximum absolute atomic E-state index is 13.6. The Labute approximate surface area is 224 Å². The number of anilines is 2. The largest absolute Gasteiger partial charge is 0.336 e. The van der Waals surface area contributed by atoms with Crippen LogP contribution in [0.5, 0.6) is 0 Å². The van der Waals surface area contributed by atoms with Crippen LogP contribution in [0.1, 0.15) is 25.3 Å². The molecule has 0 saturated carbocycles. The molecule has 2 heterocycles. The van der Waals surface area contributed by atoms with Gasteiger partial charge in [-0.15, -0.1) is 0 Å². The zero-order chi connectivity index (χ0) is 25.7. The van der Waals surface area contributed by atoms with Crippen molar-refractivity contribution in [2.45, 2.75) is 32.7 Å². The van der Waals surface area contributed by atoms with Gasteiger partial charge in [-0.1, -0.05) is 36.2 Å². The van der Waals surface area contributed by atoms with Gasteiger partial charge >= 0.3 is 0 Å². The predicted octanol–water partition coefficient (Wildman–Crippen LogP) is 4.01. The van der Waals surface area contributed by atoms with Crippen molar-refractivity contribution in [2.75, 3.05) is 56.0 Å². The molecule has 2 aliphatic heterocycles. The van der Waals surface area contributed by atoms with Crippen LogP contribution in [0.4, 0.5) is 11.4 Å². The number of carbonyl (C=O) groups excluding carboxylic acids is 2. The van der Waals surface area contributed by atoms with Gasteiger partial charge in [-0.2, -0.15) is 0 Å². The van der Waals surface area contributed by atoms with E-state index >= 15 is 0 Å². The Balaban J connectivity index is 1.44. The van der Waals surface area contributed by atoms with E-state index in [1.807, 2.05) is 36.1 Å². The van der Waals surface area contributed by atoms with Crippen LogP contribution in [0.2, 0.25) is 5.02 Å². The summed E-state index contributed by atoms with van der Waals surface area (Å²) < 4.78 is 0. The van der Waals surface area contributed by atoms with Crippen LogP contribution < -0.4 is 10.2 Å². The molecule has 0 spiro atoms. The standard InChI is InChI=1S/C27H34ClN5O2S/c1-3-30-15-17-31(18-16-30)13-4-14-32-24(19-25(34)29-22-9-7-21(28)8-10-22)26(35)33(27(32)36)23-11-5-20(2)6-12-23/h5-12,24H,3-4,13-19H2,1-2H3,(H,29,34)/t24-/m1/s1. The molecule has 2 amide bonds. The lowest BCUT2D eigenvalue weighted by atomic mass is 10.1. The maximum Gasteiger partial charge on any atom is 0.256 e. The molecule has 2 aromatic carbocycles. The Morgan fingerprint density at radius 2 is 1.64 bits per heavy atom. The zero-order valence-corrected chi connectivity index (χ0v) is 22.5. The van der Waals surface area contributed by atoms with Crippen LogP contribution in [0.15, 0.2) is 48.5 Å². The second-order valence-corrected chi connectivity index (χ2v) is 10.2. The SMILES string of the molecule is CCN1CCN(CCCN2C(=S)N(c3ccc(C)cc3)C(=O)[C@H]2CC(=O)Nc2ccc(Cl)cc2)CC1. The molecule has 2 fully saturated rings. The summed E-state index contributed by atoms with van der Waals surface area (Å²) in [5.74, 6) is -0.392. The molecule has 0 radical (unpaired) electrons. The number of halogens is 1. The Hall–Kier alpha value is -2.52. The molecule has 7 nitrogen and oxygen atoms in total. The molecule has 192 valence electrons. The minimum atomic E-state index is -0.636. The molecular formula is C27H34ClN5O2S. The van der Waals surface area contributed by atoms with Crippen LogP contribution in [0.25, 0.3) is 0 Å². The van der Waals surface area contributed by atoms with Crippen LogP contribution in [-0.4, -0.2) is 83.5 Å². The van der Waals surface area contributed by atoms with Gasteiger partial charge < -0.3 is 20.0 Å². The number of nitrogens with one attached hydrogen (secondary N) is 1. The van der Waals surface area contributed by atoms with Crippen molar-refractivity contribution in [3.8, 4) is 0 Å². The summed E-state index contributed by atoms with van der Waals surface area (Å²) in [6.07, 6.45) is 0.899. The van der Waals surface area contributed by atoms with Gasteiger partial charge in [0.05, 0.1) is 12.1 Å². The third kappa shape index (κ3) is 6.42. The van der Waals surface area contributed by atoms with Crippen molar-refractivity contribution in [2.24, 2.45) is 0 Å². The lowest BCUT2D eigenvalue weighted by Crippen LogP contribution is -2.47. The Morgan fingerprint density at radius 3 is 2.28 bits per heavy atom. The van der Waals surface area contributed by atoms with Crippen molar-refractivity contribution in [1.82, 2.24) is 14.7 Å². The van der Waals surface area contributed by atoms with E-state index in [4.69, 9.17) is 23.8 Å². The number of piperazine rings is 1. The molecule has 4 rings (SSSR count). The highest BCUT2D eigenvalue weighted by molar-refractivity contribution is 7.80. The van der Waals surface area contributed by atoms with Gasteiger partial charge in [0.2, 0.25) is 5.91 Å². The molecular weight excluding hydrogens is 494 g/mol. The van der Waals surface area contributed by atoms with Crippen LogP contribution in [0, 0.1) is 6.92 Å². The number of benzene rings is 2. The van der Waals surface area contributed by atoms with Gasteiger partial charge in [-0.25, -0.2) is 0 Å². The van der Waals surface area contributed by atoms with Crippen molar-refractivity contribution >= 4 is 52.1 Å². The highest BCUT2D eigenvalue weighted by Gasteiger charge is 2.43. The summed E-state index contributed by atoms with van der Waals surface area (Å²) in [6.45, 7) is 11.1. The van der Waals surface area contributed by atoms with Gasteiger partial charge in [0, 0.05) is 43.4 Å². The number of hydrogen-bond donors (Lipinski definition) is 1. The summed E-state index contributed by atoms with van der Waals surface area (Å²) in [4.78, 5) is 34.9. The van der Waals surface area contributed by atoms with Crippen molar-refractivity contribution in [3.63, 3.8) is 0 Å². The van der Waals surface area contributed by atoms with E-state index in [-0.39, 0.29) is 18.2 Å². The monoisotopic (exact) mass is 527 g/mol. The predicted molar refractivity (Wildman–Crippen MR) is 150 cm³/mol. The Bertz CT molecular complexity index is 1070. The molecule has 2 aromatic rings. The highest BCUT2D eigenvalue weighted by Crippen LogP contribution is 2.28. The molecule has 36 heavy (non-hydrogen) atoms. The number of hydrogen-bond acceptors (Lipinski definition) is 5. The summed E-state index contributed by atoms with van der Waals surface area (Å²) in [5, 5.41) is 3.94. The first-order chi connectivity index (χ1) is 17.4. The first-order valence-corrected chi connectivity index (χ1v) is 13.4. The third-order valence-electron chi connectivity index (χ3n) is 6.90. The normalized spacial score (nSPS) is 19.2.